The standard InChI is InChI=1S/C32H34F3N7O2/c1-39(2)26-12-6-22(7-13-26)21-40(3)30(44)24-8-10-25(11-9-24)36-31-37-29-27(5-4-18-42(29)38-31)23-15-19-41(20-16-23)28(43)14-17-32(33,34)35/h4-13,15,18H,14,16-17,19-21H2,1-3H3,(H,36,38). The Morgan fingerprint density at radius 1 is 1.00 bits per heavy atom. The van der Waals surface area contributed by atoms with Crippen LogP contribution in [0.25, 0.3) is 11.2 Å². The van der Waals surface area contributed by atoms with Crippen molar-refractivity contribution in [3.8, 4) is 0 Å². The number of amides is 2. The van der Waals surface area contributed by atoms with Gasteiger partial charge >= 0.3 is 6.18 Å². The first-order chi connectivity index (χ1) is 21.0. The number of anilines is 3. The van der Waals surface area contributed by atoms with Gasteiger partial charge in [0.15, 0.2) is 5.65 Å². The van der Waals surface area contributed by atoms with Crippen LogP contribution in [-0.4, -0.2) is 76.6 Å². The van der Waals surface area contributed by atoms with Crippen molar-refractivity contribution in [1.82, 2.24) is 24.4 Å². The minimum absolute atomic E-state index is 0.0925. The summed E-state index contributed by atoms with van der Waals surface area (Å²) >= 11 is 0. The van der Waals surface area contributed by atoms with Crippen LogP contribution >= 0.6 is 0 Å². The normalized spacial score (nSPS) is 13.5. The maximum absolute atomic E-state index is 13.0. The molecule has 0 atom stereocenters. The average Bonchev–Trinajstić information content (AvgIpc) is 3.42. The first-order valence-corrected chi connectivity index (χ1v) is 14.2. The summed E-state index contributed by atoms with van der Waals surface area (Å²) in [6.07, 6.45) is -1.87. The number of carbonyl (C=O) groups excluding carboxylic acids is 2. The smallest absolute Gasteiger partial charge is 0.378 e. The molecule has 0 spiro atoms. The van der Waals surface area contributed by atoms with Crippen molar-refractivity contribution in [1.29, 1.82) is 0 Å². The number of nitrogens with one attached hydrogen (secondary N) is 1. The van der Waals surface area contributed by atoms with Crippen LogP contribution in [0.4, 0.5) is 30.5 Å². The molecule has 1 N–H and O–H groups in total. The van der Waals surface area contributed by atoms with Crippen LogP contribution < -0.4 is 10.2 Å². The quantitative estimate of drug-likeness (QED) is 0.261. The summed E-state index contributed by atoms with van der Waals surface area (Å²) in [5.74, 6) is -0.223. The van der Waals surface area contributed by atoms with Gasteiger partial charge in [-0.15, -0.1) is 5.10 Å². The van der Waals surface area contributed by atoms with Crippen molar-refractivity contribution in [2.75, 3.05) is 44.4 Å². The minimum Gasteiger partial charge on any atom is -0.378 e. The molecule has 2 aromatic carbocycles. The van der Waals surface area contributed by atoms with Crippen molar-refractivity contribution < 1.29 is 22.8 Å². The van der Waals surface area contributed by atoms with Gasteiger partial charge < -0.3 is 20.0 Å². The van der Waals surface area contributed by atoms with E-state index >= 15 is 0 Å². The molecule has 1 aliphatic heterocycles. The van der Waals surface area contributed by atoms with E-state index in [-0.39, 0.29) is 12.5 Å². The molecule has 0 radical (unpaired) electrons. The zero-order chi connectivity index (χ0) is 31.4. The zero-order valence-corrected chi connectivity index (χ0v) is 24.8. The molecule has 44 heavy (non-hydrogen) atoms. The van der Waals surface area contributed by atoms with Gasteiger partial charge in [-0.25, -0.2) is 4.52 Å². The molecule has 5 rings (SSSR count). The molecule has 12 heteroatoms. The van der Waals surface area contributed by atoms with Crippen LogP contribution in [0.3, 0.4) is 0 Å². The number of benzene rings is 2. The number of pyridine rings is 1. The lowest BCUT2D eigenvalue weighted by Gasteiger charge is -2.27. The summed E-state index contributed by atoms with van der Waals surface area (Å²) in [7, 11) is 5.74. The third kappa shape index (κ3) is 7.36. The molecule has 0 aliphatic carbocycles. The van der Waals surface area contributed by atoms with E-state index in [9.17, 15) is 22.8 Å². The molecule has 3 heterocycles. The van der Waals surface area contributed by atoms with Gasteiger partial charge in [-0.05, 0) is 66.1 Å². The summed E-state index contributed by atoms with van der Waals surface area (Å²) in [4.78, 5) is 35.0. The van der Waals surface area contributed by atoms with Gasteiger partial charge in [0, 0.05) is 75.9 Å². The maximum Gasteiger partial charge on any atom is 0.389 e. The van der Waals surface area contributed by atoms with Crippen molar-refractivity contribution >= 4 is 40.4 Å². The van der Waals surface area contributed by atoms with Gasteiger partial charge in [0.05, 0.1) is 6.42 Å². The molecule has 9 nitrogen and oxygen atoms in total. The van der Waals surface area contributed by atoms with E-state index in [2.05, 4.69) is 15.4 Å². The van der Waals surface area contributed by atoms with E-state index in [1.807, 2.05) is 61.5 Å². The molecule has 4 aromatic rings. The Kier molecular flexibility index (Phi) is 8.88. The number of nitrogens with zero attached hydrogens (tertiary/aromatic N) is 6. The molecule has 0 bridgehead atoms. The topological polar surface area (TPSA) is 86.1 Å². The molecule has 2 aromatic heterocycles. The number of rotatable bonds is 9. The van der Waals surface area contributed by atoms with Gasteiger partial charge in [-0.3, -0.25) is 9.59 Å². The largest absolute Gasteiger partial charge is 0.389 e. The van der Waals surface area contributed by atoms with Crippen LogP contribution in [-0.2, 0) is 11.3 Å². The Balaban J connectivity index is 1.22. The molecule has 0 saturated heterocycles. The first kappa shape index (κ1) is 30.6. The molecular weight excluding hydrogens is 571 g/mol. The Morgan fingerprint density at radius 3 is 2.36 bits per heavy atom. The van der Waals surface area contributed by atoms with Gasteiger partial charge in [-0.2, -0.15) is 18.2 Å². The number of fused-ring (bicyclic) bond motifs is 1. The first-order valence-electron chi connectivity index (χ1n) is 14.2. The van der Waals surface area contributed by atoms with E-state index in [1.165, 1.54) is 4.90 Å². The summed E-state index contributed by atoms with van der Waals surface area (Å²) in [6, 6.07) is 19.0. The third-order valence-electron chi connectivity index (χ3n) is 7.50. The lowest BCUT2D eigenvalue weighted by Crippen LogP contribution is -2.35. The van der Waals surface area contributed by atoms with Gasteiger partial charge in [0.25, 0.3) is 5.91 Å². The zero-order valence-electron chi connectivity index (χ0n) is 24.8. The number of alkyl halides is 3. The number of carbonyl (C=O) groups is 2. The molecule has 0 unspecified atom stereocenters. The molecule has 0 saturated carbocycles. The van der Waals surface area contributed by atoms with E-state index in [0.29, 0.717) is 42.4 Å². The summed E-state index contributed by atoms with van der Waals surface area (Å²) < 4.78 is 39.2. The number of halogens is 3. The Hall–Kier alpha value is -4.87. The molecule has 2 amide bonds. The fourth-order valence-corrected chi connectivity index (χ4v) is 5.05. The predicted octanol–water partition coefficient (Wildman–Crippen LogP) is 5.77. The SMILES string of the molecule is CN(Cc1ccc(N(C)C)cc1)C(=O)c1ccc(Nc2nc3c(C4=CCN(C(=O)CCC(F)(F)F)CC4)cccn3n2)cc1. The van der Waals surface area contributed by atoms with Gasteiger partial charge in [0.2, 0.25) is 11.9 Å². The second-order valence-electron chi connectivity index (χ2n) is 11.0. The van der Waals surface area contributed by atoms with Crippen LogP contribution in [0.2, 0.25) is 0 Å². The predicted molar refractivity (Wildman–Crippen MR) is 164 cm³/mol. The summed E-state index contributed by atoms with van der Waals surface area (Å²) in [5, 5.41) is 7.71. The monoisotopic (exact) mass is 605 g/mol. The lowest BCUT2D eigenvalue weighted by atomic mass is 10.00. The fraction of sp³-hybridized carbons (Fsp3) is 0.312. The highest BCUT2D eigenvalue weighted by Crippen LogP contribution is 2.28. The van der Waals surface area contributed by atoms with E-state index < -0.39 is 24.9 Å². The van der Waals surface area contributed by atoms with Crippen molar-refractivity contribution in [3.05, 3.63) is 89.6 Å². The molecule has 0 fully saturated rings. The van der Waals surface area contributed by atoms with E-state index in [1.54, 1.807) is 46.9 Å². The highest BCUT2D eigenvalue weighted by molar-refractivity contribution is 5.94. The fourth-order valence-electron chi connectivity index (χ4n) is 5.05. The lowest BCUT2D eigenvalue weighted by molar-refractivity contribution is -0.148. The van der Waals surface area contributed by atoms with Crippen molar-refractivity contribution in [3.63, 3.8) is 0 Å². The van der Waals surface area contributed by atoms with Gasteiger partial charge in [-0.1, -0.05) is 18.2 Å². The Labute approximate surface area is 253 Å². The van der Waals surface area contributed by atoms with Crippen molar-refractivity contribution in [2.45, 2.75) is 32.0 Å². The van der Waals surface area contributed by atoms with Crippen LogP contribution in [0.1, 0.15) is 40.7 Å². The second kappa shape index (κ2) is 12.8. The highest BCUT2D eigenvalue weighted by atomic mass is 19.4. The number of hydrogen-bond donors (Lipinski definition) is 1. The van der Waals surface area contributed by atoms with Gasteiger partial charge in [0.1, 0.15) is 0 Å². The average molecular weight is 606 g/mol. The van der Waals surface area contributed by atoms with Crippen LogP contribution in [0.15, 0.2) is 72.9 Å². The van der Waals surface area contributed by atoms with Crippen LogP contribution in [0, 0.1) is 0 Å². The summed E-state index contributed by atoms with van der Waals surface area (Å²) in [5.41, 5.74) is 5.82. The van der Waals surface area contributed by atoms with Crippen molar-refractivity contribution in [2.24, 2.45) is 0 Å². The number of aromatic nitrogens is 3. The van der Waals surface area contributed by atoms with E-state index in [4.69, 9.17) is 0 Å². The Bertz CT molecular complexity index is 1660. The molecule has 1 aliphatic rings. The molecular formula is C32H34F3N7O2. The van der Waals surface area contributed by atoms with Crippen LogP contribution in [0.5, 0.6) is 0 Å². The summed E-state index contributed by atoms with van der Waals surface area (Å²) in [6.45, 7) is 1.07. The Morgan fingerprint density at radius 2 is 1.73 bits per heavy atom. The minimum atomic E-state index is -4.35. The maximum atomic E-state index is 13.0. The third-order valence-corrected chi connectivity index (χ3v) is 7.50. The van der Waals surface area contributed by atoms with E-state index in [0.717, 1.165) is 22.4 Å². The second-order valence-corrected chi connectivity index (χ2v) is 11.0. The highest BCUT2D eigenvalue weighted by Gasteiger charge is 2.29. The molecule has 230 valence electrons. The number of hydrogen-bond acceptors (Lipinski definition) is 6.